The SMILES string of the molecule is CSNc1ccc(C#N)c(S(F)(F)(F)(F)F)c1. The lowest BCUT2D eigenvalue weighted by molar-refractivity contribution is 0.363. The van der Waals surface area contributed by atoms with Gasteiger partial charge in [-0.15, -0.1) is 0 Å². The monoisotopic (exact) mass is 290 g/mol. The van der Waals surface area contributed by atoms with Crippen molar-refractivity contribution in [2.24, 2.45) is 0 Å². The maximum atomic E-state index is 12.6. The maximum absolute atomic E-state index is 12.6. The first-order valence-electron chi connectivity index (χ1n) is 4.05. The fourth-order valence-corrected chi connectivity index (χ4v) is 2.36. The number of nitrogens with zero attached hydrogens (tertiary/aromatic N) is 1. The van der Waals surface area contributed by atoms with E-state index in [-0.39, 0.29) is 11.8 Å². The molecule has 0 unspecified atom stereocenters. The Hall–Kier alpha value is -1.14. The summed E-state index contributed by atoms with van der Waals surface area (Å²) in [7, 11) is -9.84. The van der Waals surface area contributed by atoms with Crippen molar-refractivity contribution in [3.8, 4) is 6.07 Å². The summed E-state index contributed by atoms with van der Waals surface area (Å²) < 4.78 is 65.5. The summed E-state index contributed by atoms with van der Waals surface area (Å²) in [6, 6.07) is 3.20. The molecule has 1 aromatic rings. The van der Waals surface area contributed by atoms with Crippen molar-refractivity contribution < 1.29 is 19.4 Å². The Morgan fingerprint density at radius 3 is 2.24 bits per heavy atom. The molecule has 1 N–H and O–H groups in total. The predicted octanol–water partition coefficient (Wildman–Crippen LogP) is 4.91. The Bertz CT molecular complexity index is 490. The van der Waals surface area contributed by atoms with E-state index in [9.17, 15) is 19.4 Å². The highest BCUT2D eigenvalue weighted by molar-refractivity contribution is 8.45. The summed E-state index contributed by atoms with van der Waals surface area (Å²) in [6.45, 7) is 0. The Balaban J connectivity index is 3.53. The first kappa shape index (κ1) is 13.9. The minimum absolute atomic E-state index is 0.139. The van der Waals surface area contributed by atoms with Gasteiger partial charge in [0.1, 0.15) is 11.0 Å². The van der Waals surface area contributed by atoms with Crippen molar-refractivity contribution >= 4 is 27.9 Å². The van der Waals surface area contributed by atoms with Gasteiger partial charge in [-0.1, -0.05) is 31.4 Å². The molecule has 0 spiro atoms. The molecule has 9 heteroatoms. The Labute approximate surface area is 98.7 Å². The first-order chi connectivity index (χ1) is 7.47. The van der Waals surface area contributed by atoms with Gasteiger partial charge >= 0.3 is 10.2 Å². The molecule has 96 valence electrons. The molecule has 0 radical (unpaired) electrons. The molecule has 0 heterocycles. The first-order valence-corrected chi connectivity index (χ1v) is 7.23. The lowest BCUT2D eigenvalue weighted by Gasteiger charge is -2.41. The lowest BCUT2D eigenvalue weighted by Crippen LogP contribution is -2.08. The van der Waals surface area contributed by atoms with Gasteiger partial charge in [0, 0.05) is 11.9 Å². The number of benzene rings is 1. The van der Waals surface area contributed by atoms with E-state index in [0.29, 0.717) is 6.07 Å². The highest BCUT2D eigenvalue weighted by Gasteiger charge is 2.66. The van der Waals surface area contributed by atoms with Crippen LogP contribution in [-0.2, 0) is 0 Å². The molecule has 0 aliphatic carbocycles. The Morgan fingerprint density at radius 1 is 1.24 bits per heavy atom. The average molecular weight is 290 g/mol. The zero-order valence-electron chi connectivity index (χ0n) is 8.39. The van der Waals surface area contributed by atoms with Crippen LogP contribution in [0.25, 0.3) is 0 Å². The minimum Gasteiger partial charge on any atom is -0.330 e. The summed E-state index contributed by atoms with van der Waals surface area (Å²) in [5.74, 6) is 0. The van der Waals surface area contributed by atoms with Gasteiger partial charge in [0.05, 0.1) is 5.56 Å². The third-order valence-electron chi connectivity index (χ3n) is 1.74. The molecule has 0 saturated heterocycles. The van der Waals surface area contributed by atoms with E-state index in [1.165, 1.54) is 6.26 Å². The van der Waals surface area contributed by atoms with Gasteiger partial charge in [0.15, 0.2) is 0 Å². The Morgan fingerprint density at radius 2 is 1.82 bits per heavy atom. The van der Waals surface area contributed by atoms with Gasteiger partial charge in [-0.3, -0.25) is 0 Å². The molecule has 17 heavy (non-hydrogen) atoms. The molecule has 0 amide bonds. The molecule has 1 rings (SSSR count). The topological polar surface area (TPSA) is 35.8 Å². The van der Waals surface area contributed by atoms with E-state index < -0.39 is 20.7 Å². The zero-order chi connectivity index (χ0) is 13.4. The van der Waals surface area contributed by atoms with E-state index in [0.717, 1.165) is 24.1 Å². The molecule has 0 bridgehead atoms. The van der Waals surface area contributed by atoms with Gasteiger partial charge < -0.3 is 4.72 Å². The van der Waals surface area contributed by atoms with Crippen LogP contribution >= 0.6 is 22.2 Å². The number of halogens is 5. The third kappa shape index (κ3) is 3.41. The highest BCUT2D eigenvalue weighted by Crippen LogP contribution is 3.02. The van der Waals surface area contributed by atoms with Crippen LogP contribution in [0.3, 0.4) is 0 Å². The summed E-state index contributed by atoms with van der Waals surface area (Å²) in [4.78, 5) is -2.16. The van der Waals surface area contributed by atoms with E-state index in [1.54, 1.807) is 0 Å². The average Bonchev–Trinajstić information content (AvgIpc) is 2.15. The predicted molar refractivity (Wildman–Crippen MR) is 59.7 cm³/mol. The number of rotatable bonds is 3. The summed E-state index contributed by atoms with van der Waals surface area (Å²) >= 11 is 0.953. The van der Waals surface area contributed by atoms with Crippen LogP contribution in [0.1, 0.15) is 5.56 Å². The standard InChI is InChI=1S/C8H7F5N2S2/c1-16-15-7-3-2-6(5-14)8(4-7)17(9,10,11,12)13/h2-4,15H,1H3. The number of nitriles is 1. The van der Waals surface area contributed by atoms with Crippen LogP contribution in [-0.4, -0.2) is 6.26 Å². The number of hydrogen-bond acceptors (Lipinski definition) is 3. The fourth-order valence-electron chi connectivity index (χ4n) is 1.12. The van der Waals surface area contributed by atoms with Crippen LogP contribution in [0.2, 0.25) is 0 Å². The number of anilines is 1. The molecule has 0 atom stereocenters. The van der Waals surface area contributed by atoms with Gasteiger partial charge in [-0.25, -0.2) is 0 Å². The second kappa shape index (κ2) is 3.43. The van der Waals surface area contributed by atoms with Crippen molar-refractivity contribution in [2.75, 3.05) is 11.0 Å². The quantitative estimate of drug-likeness (QED) is 0.635. The lowest BCUT2D eigenvalue weighted by atomic mass is 10.2. The summed E-state index contributed by atoms with van der Waals surface area (Å²) in [6.07, 6.45) is 1.53. The minimum atomic E-state index is -9.84. The van der Waals surface area contributed by atoms with Gasteiger partial charge in [0.2, 0.25) is 0 Å². The Kier molecular flexibility index (Phi) is 2.81. The van der Waals surface area contributed by atoms with Crippen molar-refractivity contribution in [3.05, 3.63) is 23.8 Å². The molecular weight excluding hydrogens is 283 g/mol. The maximum Gasteiger partial charge on any atom is 0.311 e. The molecule has 0 aromatic heterocycles. The summed E-state index contributed by atoms with van der Waals surface area (Å²) in [5, 5.41) is 8.44. The largest absolute Gasteiger partial charge is 0.330 e. The van der Waals surface area contributed by atoms with Crippen molar-refractivity contribution in [3.63, 3.8) is 0 Å². The highest BCUT2D eigenvalue weighted by atomic mass is 32.5. The summed E-state index contributed by atoms with van der Waals surface area (Å²) in [5.41, 5.74) is -1.23. The van der Waals surface area contributed by atoms with Crippen molar-refractivity contribution in [1.82, 2.24) is 0 Å². The molecular formula is C8H7F5N2S2. The van der Waals surface area contributed by atoms with Crippen LogP contribution in [0.5, 0.6) is 0 Å². The molecule has 1 aromatic carbocycles. The van der Waals surface area contributed by atoms with Crippen LogP contribution in [0, 0.1) is 11.3 Å². The van der Waals surface area contributed by atoms with Gasteiger partial charge in [0.25, 0.3) is 0 Å². The fraction of sp³-hybridized carbons (Fsp3) is 0.125. The zero-order valence-corrected chi connectivity index (χ0v) is 10.0. The molecule has 0 aliphatic rings. The molecule has 2 nitrogen and oxygen atoms in total. The van der Waals surface area contributed by atoms with E-state index >= 15 is 0 Å². The molecule has 0 aliphatic heterocycles. The van der Waals surface area contributed by atoms with Gasteiger partial charge in [-0.05, 0) is 18.2 Å². The van der Waals surface area contributed by atoms with Crippen molar-refractivity contribution in [2.45, 2.75) is 4.90 Å². The molecule has 0 fully saturated rings. The molecule has 0 saturated carbocycles. The van der Waals surface area contributed by atoms with E-state index in [2.05, 4.69) is 4.72 Å². The smallest absolute Gasteiger partial charge is 0.311 e. The van der Waals surface area contributed by atoms with Crippen LogP contribution < -0.4 is 4.72 Å². The van der Waals surface area contributed by atoms with E-state index in [1.807, 2.05) is 0 Å². The third-order valence-corrected chi connectivity index (χ3v) is 3.35. The van der Waals surface area contributed by atoms with Crippen LogP contribution in [0.4, 0.5) is 25.1 Å². The second-order valence-corrected chi connectivity index (χ2v) is 6.09. The normalized spacial score (nSPS) is 15.6. The van der Waals surface area contributed by atoms with E-state index in [4.69, 9.17) is 5.26 Å². The van der Waals surface area contributed by atoms with Gasteiger partial charge in [-0.2, -0.15) is 5.26 Å². The second-order valence-electron chi connectivity index (χ2n) is 3.10. The number of hydrogen-bond donors (Lipinski definition) is 1. The number of nitrogens with one attached hydrogen (secondary N) is 1. The van der Waals surface area contributed by atoms with Crippen LogP contribution in [0.15, 0.2) is 23.1 Å². The van der Waals surface area contributed by atoms with Crippen molar-refractivity contribution in [1.29, 1.82) is 5.26 Å².